The van der Waals surface area contributed by atoms with Gasteiger partial charge in [0.05, 0.1) is 0 Å². The number of nitrogens with one attached hydrogen (secondary N) is 2. The third-order valence-electron chi connectivity index (χ3n) is 3.57. The van der Waals surface area contributed by atoms with Crippen LogP contribution < -0.4 is 10.6 Å². The van der Waals surface area contributed by atoms with E-state index >= 15 is 0 Å². The molecular weight excluding hydrogens is 226 g/mol. The van der Waals surface area contributed by atoms with Gasteiger partial charge in [-0.3, -0.25) is 9.69 Å². The molecule has 1 heterocycles. The highest BCUT2D eigenvalue weighted by Crippen LogP contribution is 2.09. The van der Waals surface area contributed by atoms with Gasteiger partial charge >= 0.3 is 0 Å². The second-order valence-electron chi connectivity index (χ2n) is 6.04. The quantitative estimate of drug-likeness (QED) is 0.776. The molecule has 4 heteroatoms. The third kappa shape index (κ3) is 4.94. The zero-order chi connectivity index (χ0) is 13.7. The summed E-state index contributed by atoms with van der Waals surface area (Å²) >= 11 is 0. The van der Waals surface area contributed by atoms with Crippen molar-refractivity contribution in [1.29, 1.82) is 0 Å². The Bertz CT molecular complexity index is 266. The lowest BCUT2D eigenvalue weighted by molar-refractivity contribution is -0.124. The van der Waals surface area contributed by atoms with Gasteiger partial charge in [0.2, 0.25) is 5.91 Å². The largest absolute Gasteiger partial charge is 0.353 e. The smallest absolute Gasteiger partial charge is 0.222 e. The Morgan fingerprint density at radius 1 is 1.33 bits per heavy atom. The van der Waals surface area contributed by atoms with Crippen molar-refractivity contribution in [2.45, 2.75) is 59.2 Å². The zero-order valence-corrected chi connectivity index (χ0v) is 12.5. The van der Waals surface area contributed by atoms with E-state index in [1.807, 2.05) is 13.8 Å². The minimum atomic E-state index is 0.0685. The molecule has 1 fully saturated rings. The van der Waals surface area contributed by atoms with Gasteiger partial charge in [0.15, 0.2) is 0 Å². The number of nitrogens with zero attached hydrogens (tertiary/aromatic N) is 1. The van der Waals surface area contributed by atoms with E-state index in [1.54, 1.807) is 0 Å². The maximum absolute atomic E-state index is 11.6. The van der Waals surface area contributed by atoms with Crippen molar-refractivity contribution in [3.8, 4) is 0 Å². The van der Waals surface area contributed by atoms with Crippen LogP contribution in [0.5, 0.6) is 0 Å². The first-order valence-electron chi connectivity index (χ1n) is 7.18. The summed E-state index contributed by atoms with van der Waals surface area (Å²) in [6.07, 6.45) is 1.00. The summed E-state index contributed by atoms with van der Waals surface area (Å²) in [4.78, 5) is 14.1. The molecule has 0 aromatic rings. The fourth-order valence-electron chi connectivity index (χ4n) is 2.37. The standard InChI is InChI=1S/C14H29N3O/c1-10(2)14(18)16-12(5)8-13-9-17(11(3)4)7-6-15-13/h10-13,15H,6-9H2,1-5H3,(H,16,18). The average Bonchev–Trinajstić information content (AvgIpc) is 2.28. The van der Waals surface area contributed by atoms with Crippen molar-refractivity contribution < 1.29 is 4.79 Å². The highest BCUT2D eigenvalue weighted by molar-refractivity contribution is 5.78. The number of piperazine rings is 1. The lowest BCUT2D eigenvalue weighted by Crippen LogP contribution is -2.54. The molecule has 0 aromatic carbocycles. The fourth-order valence-corrected chi connectivity index (χ4v) is 2.37. The second-order valence-corrected chi connectivity index (χ2v) is 6.04. The van der Waals surface area contributed by atoms with E-state index in [1.165, 1.54) is 0 Å². The van der Waals surface area contributed by atoms with Crippen molar-refractivity contribution in [3.05, 3.63) is 0 Å². The van der Waals surface area contributed by atoms with Gasteiger partial charge in [-0.05, 0) is 27.2 Å². The Kier molecular flexibility index (Phi) is 6.09. The number of carbonyl (C=O) groups is 1. The summed E-state index contributed by atoms with van der Waals surface area (Å²) in [7, 11) is 0. The number of amides is 1. The normalized spacial score (nSPS) is 23.4. The Labute approximate surface area is 111 Å². The van der Waals surface area contributed by atoms with Crippen LogP contribution in [0.15, 0.2) is 0 Å². The van der Waals surface area contributed by atoms with Crippen molar-refractivity contribution in [2.75, 3.05) is 19.6 Å². The molecular formula is C14H29N3O. The molecule has 2 unspecified atom stereocenters. The lowest BCUT2D eigenvalue weighted by Gasteiger charge is -2.37. The molecule has 18 heavy (non-hydrogen) atoms. The van der Waals surface area contributed by atoms with Gasteiger partial charge in [-0.2, -0.15) is 0 Å². The molecule has 106 valence electrons. The first-order chi connectivity index (χ1) is 8.40. The molecule has 0 bridgehead atoms. The predicted octanol–water partition coefficient (Wildman–Crippen LogP) is 1.22. The van der Waals surface area contributed by atoms with Gasteiger partial charge in [-0.15, -0.1) is 0 Å². The van der Waals surface area contributed by atoms with Crippen LogP contribution in [0.3, 0.4) is 0 Å². The van der Waals surface area contributed by atoms with Crippen molar-refractivity contribution >= 4 is 5.91 Å². The van der Waals surface area contributed by atoms with E-state index in [4.69, 9.17) is 0 Å². The van der Waals surface area contributed by atoms with Crippen LogP contribution in [0, 0.1) is 5.92 Å². The van der Waals surface area contributed by atoms with E-state index < -0.39 is 0 Å². The lowest BCUT2D eigenvalue weighted by atomic mass is 10.0. The summed E-state index contributed by atoms with van der Waals surface area (Å²) in [6, 6.07) is 1.34. The molecule has 1 aliphatic heterocycles. The van der Waals surface area contributed by atoms with Crippen molar-refractivity contribution in [3.63, 3.8) is 0 Å². The number of hydrogen-bond donors (Lipinski definition) is 2. The van der Waals surface area contributed by atoms with Crippen LogP contribution in [-0.4, -0.2) is 48.6 Å². The average molecular weight is 255 g/mol. The Hall–Kier alpha value is -0.610. The molecule has 0 saturated carbocycles. The van der Waals surface area contributed by atoms with E-state index in [2.05, 4.69) is 36.3 Å². The van der Waals surface area contributed by atoms with Crippen molar-refractivity contribution in [1.82, 2.24) is 15.5 Å². The maximum Gasteiger partial charge on any atom is 0.222 e. The predicted molar refractivity (Wildman–Crippen MR) is 75.6 cm³/mol. The second kappa shape index (κ2) is 7.10. The van der Waals surface area contributed by atoms with E-state index in [0.717, 1.165) is 26.1 Å². The molecule has 1 amide bonds. The van der Waals surface area contributed by atoms with Crippen LogP contribution in [0.2, 0.25) is 0 Å². The molecule has 4 nitrogen and oxygen atoms in total. The summed E-state index contributed by atoms with van der Waals surface area (Å²) in [5.41, 5.74) is 0. The SMILES string of the molecule is CC(CC1CN(C(C)C)CCN1)NC(=O)C(C)C. The van der Waals surface area contributed by atoms with Gasteiger partial charge in [0.25, 0.3) is 0 Å². The Balaban J connectivity index is 2.35. The van der Waals surface area contributed by atoms with Crippen LogP contribution in [0.4, 0.5) is 0 Å². The minimum absolute atomic E-state index is 0.0685. The molecule has 1 aliphatic rings. The van der Waals surface area contributed by atoms with Gasteiger partial charge in [0.1, 0.15) is 0 Å². The molecule has 0 aliphatic carbocycles. The van der Waals surface area contributed by atoms with Gasteiger partial charge in [-0.25, -0.2) is 0 Å². The summed E-state index contributed by atoms with van der Waals surface area (Å²) in [6.45, 7) is 13.7. The van der Waals surface area contributed by atoms with E-state index in [9.17, 15) is 4.79 Å². The van der Waals surface area contributed by atoms with Gasteiger partial charge in [0, 0.05) is 43.7 Å². The summed E-state index contributed by atoms with van der Waals surface area (Å²) < 4.78 is 0. The fraction of sp³-hybridized carbons (Fsp3) is 0.929. The van der Waals surface area contributed by atoms with Gasteiger partial charge < -0.3 is 10.6 Å². The number of hydrogen-bond acceptors (Lipinski definition) is 3. The highest BCUT2D eigenvalue weighted by atomic mass is 16.1. The Morgan fingerprint density at radius 3 is 2.56 bits per heavy atom. The molecule has 2 atom stereocenters. The van der Waals surface area contributed by atoms with Crippen LogP contribution >= 0.6 is 0 Å². The zero-order valence-electron chi connectivity index (χ0n) is 12.5. The van der Waals surface area contributed by atoms with Gasteiger partial charge in [-0.1, -0.05) is 13.8 Å². The number of carbonyl (C=O) groups excluding carboxylic acids is 1. The number of rotatable bonds is 5. The van der Waals surface area contributed by atoms with Crippen LogP contribution in [0.1, 0.15) is 41.0 Å². The molecule has 1 saturated heterocycles. The molecule has 0 spiro atoms. The Morgan fingerprint density at radius 2 is 2.00 bits per heavy atom. The monoisotopic (exact) mass is 255 g/mol. The van der Waals surface area contributed by atoms with Crippen LogP contribution in [-0.2, 0) is 4.79 Å². The minimum Gasteiger partial charge on any atom is -0.353 e. The van der Waals surface area contributed by atoms with E-state index in [0.29, 0.717) is 12.1 Å². The third-order valence-corrected chi connectivity index (χ3v) is 3.57. The molecule has 0 radical (unpaired) electrons. The summed E-state index contributed by atoms with van der Waals surface area (Å²) in [5.74, 6) is 0.220. The first-order valence-corrected chi connectivity index (χ1v) is 7.18. The first kappa shape index (κ1) is 15.4. The molecule has 2 N–H and O–H groups in total. The molecule has 0 aromatic heterocycles. The topological polar surface area (TPSA) is 44.4 Å². The molecule has 1 rings (SSSR count). The van der Waals surface area contributed by atoms with Crippen molar-refractivity contribution in [2.24, 2.45) is 5.92 Å². The maximum atomic E-state index is 11.6. The summed E-state index contributed by atoms with van der Waals surface area (Å²) in [5, 5.41) is 6.62. The van der Waals surface area contributed by atoms with E-state index in [-0.39, 0.29) is 17.9 Å². The highest BCUT2D eigenvalue weighted by Gasteiger charge is 2.23. The van der Waals surface area contributed by atoms with Crippen LogP contribution in [0.25, 0.3) is 0 Å².